The second-order valence-electron chi connectivity index (χ2n) is 2.43. The van der Waals surface area contributed by atoms with Crippen LogP contribution < -0.4 is 5.32 Å². The van der Waals surface area contributed by atoms with Gasteiger partial charge in [-0.3, -0.25) is 4.39 Å². The monoisotopic (exact) mass is 164 g/mol. The number of hydrogen-bond donors (Lipinski definition) is 1. The molecular formula is C6H10ClFN2. The minimum absolute atomic E-state index is 0. The minimum Gasteiger partial charge on any atom is -0.313 e. The van der Waals surface area contributed by atoms with Crippen molar-refractivity contribution in [2.45, 2.75) is 6.42 Å². The van der Waals surface area contributed by atoms with E-state index in [4.69, 9.17) is 5.26 Å². The molecule has 2 nitrogen and oxygen atoms in total. The molecule has 1 fully saturated rings. The van der Waals surface area contributed by atoms with Crippen LogP contribution in [-0.4, -0.2) is 19.8 Å². The van der Waals surface area contributed by atoms with Crippen molar-refractivity contribution in [3.8, 4) is 6.07 Å². The fourth-order valence-corrected chi connectivity index (χ4v) is 0.919. The molecule has 1 N–H and O–H groups in total. The zero-order chi connectivity index (χ0) is 6.74. The summed E-state index contributed by atoms with van der Waals surface area (Å²) in [5.41, 5.74) is -0.366. The summed E-state index contributed by atoms with van der Waals surface area (Å²) in [5, 5.41) is 11.5. The molecule has 0 unspecified atom stereocenters. The second-order valence-corrected chi connectivity index (χ2v) is 2.43. The van der Waals surface area contributed by atoms with Crippen LogP contribution in [0.5, 0.6) is 0 Å². The van der Waals surface area contributed by atoms with Gasteiger partial charge in [-0.1, -0.05) is 0 Å². The summed E-state index contributed by atoms with van der Waals surface area (Å²) in [7, 11) is 0. The Morgan fingerprint density at radius 2 is 2.20 bits per heavy atom. The molecule has 0 radical (unpaired) electrons. The molecule has 0 aromatic rings. The van der Waals surface area contributed by atoms with E-state index in [1.807, 2.05) is 0 Å². The highest BCUT2D eigenvalue weighted by Gasteiger charge is 2.36. The summed E-state index contributed by atoms with van der Waals surface area (Å²) >= 11 is 0. The number of nitriles is 1. The van der Waals surface area contributed by atoms with Crippen LogP contribution in [0.25, 0.3) is 0 Å². The lowest BCUT2D eigenvalue weighted by molar-refractivity contribution is 0.209. The fourth-order valence-electron chi connectivity index (χ4n) is 0.919. The summed E-state index contributed by atoms with van der Waals surface area (Å²) in [5.74, 6) is 0. The molecule has 0 aromatic heterocycles. The molecular weight excluding hydrogens is 155 g/mol. The standard InChI is InChI=1S/C6H9FN2.ClH/c7-2-1-6(3-8)4-9-5-6;/h9H,1-2,4-5H2;1H. The van der Waals surface area contributed by atoms with Crippen LogP contribution in [0.15, 0.2) is 0 Å². The lowest BCUT2D eigenvalue weighted by Crippen LogP contribution is -2.52. The van der Waals surface area contributed by atoms with Gasteiger partial charge >= 0.3 is 0 Å². The smallest absolute Gasteiger partial charge is 0.0910 e. The van der Waals surface area contributed by atoms with Crippen molar-refractivity contribution in [3.05, 3.63) is 0 Å². The Balaban J connectivity index is 0.000000810. The largest absolute Gasteiger partial charge is 0.313 e. The summed E-state index contributed by atoms with van der Waals surface area (Å²) < 4.78 is 11.7. The van der Waals surface area contributed by atoms with E-state index in [0.717, 1.165) is 0 Å². The van der Waals surface area contributed by atoms with Gasteiger partial charge in [0.15, 0.2) is 0 Å². The van der Waals surface area contributed by atoms with Crippen LogP contribution in [-0.2, 0) is 0 Å². The molecule has 1 aliphatic heterocycles. The van der Waals surface area contributed by atoms with Crippen molar-refractivity contribution in [3.63, 3.8) is 0 Å². The molecule has 1 saturated heterocycles. The number of hydrogen-bond acceptors (Lipinski definition) is 2. The van der Waals surface area contributed by atoms with Crippen molar-refractivity contribution in [2.75, 3.05) is 19.8 Å². The van der Waals surface area contributed by atoms with Crippen molar-refractivity contribution >= 4 is 12.4 Å². The Morgan fingerprint density at radius 1 is 1.60 bits per heavy atom. The maximum absolute atomic E-state index is 11.7. The van der Waals surface area contributed by atoms with E-state index >= 15 is 0 Å². The van der Waals surface area contributed by atoms with Crippen LogP contribution in [0.4, 0.5) is 4.39 Å². The average Bonchev–Trinajstić information content (AvgIpc) is 1.79. The van der Waals surface area contributed by atoms with Gasteiger partial charge in [-0.25, -0.2) is 0 Å². The van der Waals surface area contributed by atoms with Gasteiger partial charge in [0.05, 0.1) is 18.2 Å². The SMILES string of the molecule is Cl.N#CC1(CCF)CNC1. The first-order chi connectivity index (χ1) is 4.33. The van der Waals surface area contributed by atoms with Crippen molar-refractivity contribution in [2.24, 2.45) is 5.41 Å². The van der Waals surface area contributed by atoms with E-state index in [2.05, 4.69) is 11.4 Å². The third kappa shape index (κ3) is 1.59. The van der Waals surface area contributed by atoms with Gasteiger partial charge in [-0.05, 0) is 6.42 Å². The minimum atomic E-state index is -0.380. The van der Waals surface area contributed by atoms with Gasteiger partial charge in [0.25, 0.3) is 0 Å². The zero-order valence-electron chi connectivity index (χ0n) is 5.56. The molecule has 1 aliphatic rings. The second kappa shape index (κ2) is 3.75. The van der Waals surface area contributed by atoms with Crippen molar-refractivity contribution in [1.82, 2.24) is 5.32 Å². The lowest BCUT2D eigenvalue weighted by Gasteiger charge is -2.35. The number of rotatable bonds is 2. The van der Waals surface area contributed by atoms with Gasteiger partial charge in [0, 0.05) is 13.1 Å². The maximum atomic E-state index is 11.7. The van der Waals surface area contributed by atoms with Crippen molar-refractivity contribution < 1.29 is 4.39 Å². The van der Waals surface area contributed by atoms with Crippen LogP contribution in [0.1, 0.15) is 6.42 Å². The number of nitrogens with one attached hydrogen (secondary N) is 1. The first kappa shape index (κ1) is 9.67. The predicted octanol–water partition coefficient (Wildman–Crippen LogP) is 0.881. The third-order valence-corrected chi connectivity index (χ3v) is 1.74. The molecule has 58 valence electrons. The molecule has 10 heavy (non-hydrogen) atoms. The molecule has 4 heteroatoms. The Bertz CT molecular complexity index is 139. The van der Waals surface area contributed by atoms with E-state index in [-0.39, 0.29) is 24.5 Å². The normalized spacial score (nSPS) is 20.0. The molecule has 1 heterocycles. The number of halogens is 2. The van der Waals surface area contributed by atoms with E-state index in [9.17, 15) is 4.39 Å². The van der Waals surface area contributed by atoms with Crippen molar-refractivity contribution in [1.29, 1.82) is 5.26 Å². The Hall–Kier alpha value is -0.330. The predicted molar refractivity (Wildman–Crippen MR) is 38.8 cm³/mol. The Morgan fingerprint density at radius 3 is 2.30 bits per heavy atom. The fraction of sp³-hybridized carbons (Fsp3) is 0.833. The lowest BCUT2D eigenvalue weighted by atomic mass is 9.81. The quantitative estimate of drug-likeness (QED) is 0.658. The van der Waals surface area contributed by atoms with E-state index in [0.29, 0.717) is 19.5 Å². The average molecular weight is 165 g/mol. The van der Waals surface area contributed by atoms with Gasteiger partial charge < -0.3 is 5.32 Å². The van der Waals surface area contributed by atoms with Crippen LogP contribution in [0, 0.1) is 16.7 Å². The first-order valence-electron chi connectivity index (χ1n) is 3.01. The topological polar surface area (TPSA) is 35.8 Å². The van der Waals surface area contributed by atoms with Crippen LogP contribution >= 0.6 is 12.4 Å². The van der Waals surface area contributed by atoms with E-state index < -0.39 is 0 Å². The number of alkyl halides is 1. The number of nitrogens with zero attached hydrogens (tertiary/aromatic N) is 1. The summed E-state index contributed by atoms with van der Waals surface area (Å²) in [4.78, 5) is 0. The molecule has 0 aromatic carbocycles. The molecule has 1 rings (SSSR count). The Labute approximate surface area is 65.8 Å². The third-order valence-electron chi connectivity index (χ3n) is 1.74. The van der Waals surface area contributed by atoms with E-state index in [1.54, 1.807) is 0 Å². The first-order valence-corrected chi connectivity index (χ1v) is 3.01. The van der Waals surface area contributed by atoms with Crippen LogP contribution in [0.3, 0.4) is 0 Å². The van der Waals surface area contributed by atoms with Gasteiger partial charge in [0.2, 0.25) is 0 Å². The van der Waals surface area contributed by atoms with E-state index in [1.165, 1.54) is 0 Å². The highest BCUT2D eigenvalue weighted by Crippen LogP contribution is 2.25. The highest BCUT2D eigenvalue weighted by molar-refractivity contribution is 5.85. The molecule has 0 atom stereocenters. The highest BCUT2D eigenvalue weighted by atomic mass is 35.5. The molecule has 0 aliphatic carbocycles. The maximum Gasteiger partial charge on any atom is 0.0910 e. The van der Waals surface area contributed by atoms with Gasteiger partial charge in [0.1, 0.15) is 0 Å². The molecule has 0 bridgehead atoms. The molecule has 0 amide bonds. The summed E-state index contributed by atoms with van der Waals surface area (Å²) in [6.07, 6.45) is 0.385. The van der Waals surface area contributed by atoms with Gasteiger partial charge in [-0.2, -0.15) is 5.26 Å². The van der Waals surface area contributed by atoms with Gasteiger partial charge in [-0.15, -0.1) is 12.4 Å². The zero-order valence-corrected chi connectivity index (χ0v) is 6.38. The Kier molecular flexibility index (Phi) is 3.62. The molecule has 0 spiro atoms. The van der Waals surface area contributed by atoms with Crippen LogP contribution in [0.2, 0.25) is 0 Å². The molecule has 0 saturated carbocycles. The summed E-state index contributed by atoms with van der Waals surface area (Å²) in [6.45, 7) is 0.941. The summed E-state index contributed by atoms with van der Waals surface area (Å²) in [6, 6.07) is 2.11.